The molecule has 0 aromatic heterocycles. The number of ether oxygens (including phenoxy) is 1. The standard InChI is InChI=1S/C18H34O4/c1-5-8-11-14(4)22-18(21)16(13-10-7-3)15(17(19)20)12-9-6-2/h14-16H,5-13H2,1-4H3,(H,19,20). The fraction of sp³-hybridized carbons (Fsp3) is 0.889. The number of esters is 1. The number of carbonyl (C=O) groups excluding carboxylic acids is 1. The van der Waals surface area contributed by atoms with Crippen molar-refractivity contribution in [3.05, 3.63) is 0 Å². The molecule has 3 atom stereocenters. The van der Waals surface area contributed by atoms with Crippen LogP contribution in [0.1, 0.15) is 85.5 Å². The van der Waals surface area contributed by atoms with E-state index in [0.717, 1.165) is 44.9 Å². The molecule has 4 heteroatoms. The first-order valence-corrected chi connectivity index (χ1v) is 8.91. The van der Waals surface area contributed by atoms with Gasteiger partial charge < -0.3 is 9.84 Å². The second-order valence-electron chi connectivity index (χ2n) is 6.23. The van der Waals surface area contributed by atoms with E-state index in [4.69, 9.17) is 4.74 Å². The number of hydrogen-bond acceptors (Lipinski definition) is 3. The lowest BCUT2D eigenvalue weighted by Crippen LogP contribution is -2.33. The predicted molar refractivity (Wildman–Crippen MR) is 88.7 cm³/mol. The molecule has 130 valence electrons. The minimum Gasteiger partial charge on any atom is -0.481 e. The predicted octanol–water partition coefficient (Wildman–Crippen LogP) is 4.81. The Kier molecular flexibility index (Phi) is 11.9. The number of rotatable bonds is 13. The quantitative estimate of drug-likeness (QED) is 0.496. The number of aliphatic carboxylic acids is 1. The van der Waals surface area contributed by atoms with Gasteiger partial charge in [0.25, 0.3) is 0 Å². The van der Waals surface area contributed by atoms with E-state index in [9.17, 15) is 14.7 Å². The van der Waals surface area contributed by atoms with Crippen molar-refractivity contribution in [3.8, 4) is 0 Å². The van der Waals surface area contributed by atoms with Crippen molar-refractivity contribution in [2.45, 2.75) is 91.6 Å². The van der Waals surface area contributed by atoms with Gasteiger partial charge in [-0.2, -0.15) is 0 Å². The number of hydrogen-bond donors (Lipinski definition) is 1. The zero-order valence-electron chi connectivity index (χ0n) is 14.8. The zero-order chi connectivity index (χ0) is 17.0. The maximum atomic E-state index is 12.4. The van der Waals surface area contributed by atoms with Crippen LogP contribution in [0, 0.1) is 11.8 Å². The Labute approximate surface area is 135 Å². The molecule has 4 nitrogen and oxygen atoms in total. The summed E-state index contributed by atoms with van der Waals surface area (Å²) in [6, 6.07) is 0. The van der Waals surface area contributed by atoms with E-state index < -0.39 is 17.8 Å². The summed E-state index contributed by atoms with van der Waals surface area (Å²) in [6.45, 7) is 8.08. The SMILES string of the molecule is CCCCC(C)OC(=O)C(CCCC)C(CCCC)C(=O)O. The smallest absolute Gasteiger partial charge is 0.310 e. The molecule has 22 heavy (non-hydrogen) atoms. The van der Waals surface area contributed by atoms with Crippen molar-refractivity contribution in [3.63, 3.8) is 0 Å². The van der Waals surface area contributed by atoms with Gasteiger partial charge in [-0.1, -0.05) is 59.3 Å². The monoisotopic (exact) mass is 314 g/mol. The summed E-state index contributed by atoms with van der Waals surface area (Å²) in [5.74, 6) is -2.31. The van der Waals surface area contributed by atoms with E-state index in [1.54, 1.807) is 0 Å². The highest BCUT2D eigenvalue weighted by molar-refractivity contribution is 5.81. The third-order valence-electron chi connectivity index (χ3n) is 4.12. The summed E-state index contributed by atoms with van der Waals surface area (Å²) in [7, 11) is 0. The molecule has 0 aromatic carbocycles. The van der Waals surface area contributed by atoms with E-state index in [1.807, 2.05) is 20.8 Å². The lowest BCUT2D eigenvalue weighted by atomic mass is 9.84. The fourth-order valence-corrected chi connectivity index (χ4v) is 2.66. The highest BCUT2D eigenvalue weighted by Crippen LogP contribution is 2.26. The van der Waals surface area contributed by atoms with Crippen LogP contribution in [-0.4, -0.2) is 23.1 Å². The lowest BCUT2D eigenvalue weighted by Gasteiger charge is -2.24. The molecule has 0 aliphatic heterocycles. The van der Waals surface area contributed by atoms with E-state index >= 15 is 0 Å². The van der Waals surface area contributed by atoms with Gasteiger partial charge in [0.2, 0.25) is 0 Å². The van der Waals surface area contributed by atoms with Gasteiger partial charge in [-0.3, -0.25) is 9.59 Å². The minimum atomic E-state index is -0.868. The maximum absolute atomic E-state index is 12.4. The normalized spacial score (nSPS) is 15.1. The minimum absolute atomic E-state index is 0.128. The fourth-order valence-electron chi connectivity index (χ4n) is 2.66. The largest absolute Gasteiger partial charge is 0.481 e. The summed E-state index contributed by atoms with van der Waals surface area (Å²) in [6.07, 6.45) is 7.54. The summed E-state index contributed by atoms with van der Waals surface area (Å²) < 4.78 is 5.52. The Morgan fingerprint density at radius 3 is 1.77 bits per heavy atom. The van der Waals surface area contributed by atoms with E-state index in [2.05, 4.69) is 6.92 Å². The Bertz CT molecular complexity index is 314. The van der Waals surface area contributed by atoms with Crippen LogP contribution in [0.5, 0.6) is 0 Å². The van der Waals surface area contributed by atoms with Gasteiger partial charge in [0, 0.05) is 0 Å². The van der Waals surface area contributed by atoms with Gasteiger partial charge in [0.05, 0.1) is 17.9 Å². The van der Waals surface area contributed by atoms with Crippen molar-refractivity contribution in [1.29, 1.82) is 0 Å². The molecule has 0 rings (SSSR count). The Hall–Kier alpha value is -1.06. The van der Waals surface area contributed by atoms with Crippen LogP contribution < -0.4 is 0 Å². The van der Waals surface area contributed by atoms with Crippen LogP contribution in [0.2, 0.25) is 0 Å². The molecule has 0 fully saturated rings. The highest BCUT2D eigenvalue weighted by Gasteiger charge is 2.34. The van der Waals surface area contributed by atoms with Crippen LogP contribution >= 0.6 is 0 Å². The van der Waals surface area contributed by atoms with Crippen molar-refractivity contribution >= 4 is 11.9 Å². The first-order valence-electron chi connectivity index (χ1n) is 8.91. The molecule has 0 aromatic rings. The van der Waals surface area contributed by atoms with E-state index in [-0.39, 0.29) is 12.1 Å². The molecule has 0 saturated heterocycles. The van der Waals surface area contributed by atoms with Crippen molar-refractivity contribution in [2.24, 2.45) is 11.8 Å². The van der Waals surface area contributed by atoms with Crippen molar-refractivity contribution in [1.82, 2.24) is 0 Å². The Balaban J connectivity index is 4.82. The molecule has 3 unspecified atom stereocenters. The molecular weight excluding hydrogens is 280 g/mol. The number of carbonyl (C=O) groups is 2. The highest BCUT2D eigenvalue weighted by atomic mass is 16.5. The molecule has 0 radical (unpaired) electrons. The Morgan fingerprint density at radius 2 is 1.32 bits per heavy atom. The summed E-state index contributed by atoms with van der Waals surface area (Å²) in [5, 5.41) is 9.49. The Morgan fingerprint density at radius 1 is 0.864 bits per heavy atom. The first-order chi connectivity index (χ1) is 10.5. The van der Waals surface area contributed by atoms with Crippen LogP contribution in [-0.2, 0) is 14.3 Å². The van der Waals surface area contributed by atoms with Gasteiger partial charge in [0.1, 0.15) is 0 Å². The van der Waals surface area contributed by atoms with E-state index in [1.165, 1.54) is 0 Å². The summed E-state index contributed by atoms with van der Waals surface area (Å²) in [5.41, 5.74) is 0. The average Bonchev–Trinajstić information content (AvgIpc) is 2.47. The molecule has 0 bridgehead atoms. The molecule has 0 saturated carbocycles. The first kappa shape index (κ1) is 20.9. The molecule has 1 N–H and O–H groups in total. The van der Waals surface area contributed by atoms with Crippen LogP contribution in [0.4, 0.5) is 0 Å². The topological polar surface area (TPSA) is 63.6 Å². The average molecular weight is 314 g/mol. The second-order valence-corrected chi connectivity index (χ2v) is 6.23. The molecular formula is C18H34O4. The molecule has 0 heterocycles. The van der Waals surface area contributed by atoms with Gasteiger partial charge >= 0.3 is 11.9 Å². The van der Waals surface area contributed by atoms with Crippen molar-refractivity contribution in [2.75, 3.05) is 0 Å². The van der Waals surface area contributed by atoms with Crippen molar-refractivity contribution < 1.29 is 19.4 Å². The van der Waals surface area contributed by atoms with Crippen LogP contribution in [0.25, 0.3) is 0 Å². The summed E-state index contributed by atoms with van der Waals surface area (Å²) in [4.78, 5) is 24.0. The molecule has 0 aliphatic carbocycles. The molecule has 0 spiro atoms. The maximum Gasteiger partial charge on any atom is 0.310 e. The molecule has 0 aliphatic rings. The number of carboxylic acid groups (broad SMARTS) is 1. The molecule has 0 amide bonds. The third kappa shape index (κ3) is 8.40. The van der Waals surface area contributed by atoms with Gasteiger partial charge in [-0.15, -0.1) is 0 Å². The number of carboxylic acids is 1. The van der Waals surface area contributed by atoms with Gasteiger partial charge in [-0.05, 0) is 26.2 Å². The summed E-state index contributed by atoms with van der Waals surface area (Å²) >= 11 is 0. The van der Waals surface area contributed by atoms with Gasteiger partial charge in [-0.25, -0.2) is 0 Å². The second kappa shape index (κ2) is 12.5. The van der Waals surface area contributed by atoms with E-state index in [0.29, 0.717) is 12.8 Å². The van der Waals surface area contributed by atoms with Crippen LogP contribution in [0.15, 0.2) is 0 Å². The third-order valence-corrected chi connectivity index (χ3v) is 4.12. The number of unbranched alkanes of at least 4 members (excludes halogenated alkanes) is 3. The zero-order valence-corrected chi connectivity index (χ0v) is 14.8. The van der Waals surface area contributed by atoms with Gasteiger partial charge in [0.15, 0.2) is 0 Å². The van der Waals surface area contributed by atoms with Crippen LogP contribution in [0.3, 0.4) is 0 Å². The lowest BCUT2D eigenvalue weighted by molar-refractivity contribution is -0.162.